The van der Waals surface area contributed by atoms with Crippen molar-refractivity contribution >= 4 is 49.9 Å². The molecule has 0 fully saturated rings. The van der Waals surface area contributed by atoms with Crippen molar-refractivity contribution in [3.8, 4) is 0 Å². The molecule has 3 aromatic rings. The van der Waals surface area contributed by atoms with Crippen LogP contribution in [0.5, 0.6) is 0 Å². The molecule has 0 atom stereocenters. The van der Waals surface area contributed by atoms with Crippen LogP contribution in [0.15, 0.2) is 53.0 Å². The van der Waals surface area contributed by atoms with Gasteiger partial charge in [0.15, 0.2) is 5.13 Å². The molecule has 0 unspecified atom stereocenters. The third kappa shape index (κ3) is 4.78. The predicted octanol–water partition coefficient (Wildman–Crippen LogP) is 4.79. The van der Waals surface area contributed by atoms with Gasteiger partial charge in [0.2, 0.25) is 5.91 Å². The maximum absolute atomic E-state index is 14.0. The molecule has 0 aliphatic carbocycles. The molecule has 27 heavy (non-hydrogen) atoms. The molecule has 1 heterocycles. The summed E-state index contributed by atoms with van der Waals surface area (Å²) in [5, 5.41) is 5.70. The highest BCUT2D eigenvalue weighted by Gasteiger charge is 2.18. The minimum absolute atomic E-state index is 0.130. The second kappa shape index (κ2) is 8.41. The third-order valence-electron chi connectivity index (χ3n) is 3.66. The van der Waals surface area contributed by atoms with Crippen LogP contribution >= 0.6 is 27.3 Å². The Morgan fingerprint density at radius 1 is 1.11 bits per heavy atom. The Kier molecular flexibility index (Phi) is 5.98. The molecule has 3 rings (SSSR count). The zero-order chi connectivity index (χ0) is 19.4. The maximum Gasteiger partial charge on any atom is 0.267 e. The summed E-state index contributed by atoms with van der Waals surface area (Å²) in [7, 11) is 0. The van der Waals surface area contributed by atoms with Gasteiger partial charge >= 0.3 is 0 Å². The van der Waals surface area contributed by atoms with Crippen LogP contribution in [0, 0.1) is 12.7 Å². The highest BCUT2D eigenvalue weighted by Crippen LogP contribution is 2.24. The summed E-state index contributed by atoms with van der Waals surface area (Å²) in [5.74, 6) is -1.17. The standard InChI is InChI=1S/C19H15BrFN3O2S/c1-11-17(18(26)23-13-7-3-2-4-8-13)27-19(22-11)24-15(25)10-12-6-5-9-14(20)16(12)21/h2-9H,10H2,1H3,(H,23,26)(H,22,24,25). The highest BCUT2D eigenvalue weighted by molar-refractivity contribution is 9.10. The predicted molar refractivity (Wildman–Crippen MR) is 108 cm³/mol. The molecule has 2 N–H and O–H groups in total. The summed E-state index contributed by atoms with van der Waals surface area (Å²) in [4.78, 5) is 29.2. The van der Waals surface area contributed by atoms with Gasteiger partial charge in [-0.15, -0.1) is 0 Å². The SMILES string of the molecule is Cc1nc(NC(=O)Cc2cccc(Br)c2F)sc1C(=O)Nc1ccccc1. The van der Waals surface area contributed by atoms with Crippen LogP contribution in [0.4, 0.5) is 15.2 Å². The van der Waals surface area contributed by atoms with Crippen molar-refractivity contribution in [2.45, 2.75) is 13.3 Å². The molecular weight excluding hydrogens is 433 g/mol. The molecule has 1 aromatic heterocycles. The van der Waals surface area contributed by atoms with Crippen molar-refractivity contribution in [1.82, 2.24) is 4.98 Å². The Hall–Kier alpha value is -2.58. The number of anilines is 2. The average Bonchev–Trinajstić information content (AvgIpc) is 3.00. The van der Waals surface area contributed by atoms with Crippen molar-refractivity contribution in [2.75, 3.05) is 10.6 Å². The molecule has 0 radical (unpaired) electrons. The van der Waals surface area contributed by atoms with Crippen molar-refractivity contribution in [3.05, 3.63) is 75.0 Å². The summed E-state index contributed by atoms with van der Waals surface area (Å²) >= 11 is 4.17. The molecule has 0 saturated carbocycles. The van der Waals surface area contributed by atoms with E-state index in [0.717, 1.165) is 11.3 Å². The van der Waals surface area contributed by atoms with Gasteiger partial charge in [0, 0.05) is 5.69 Å². The fourth-order valence-corrected chi connectivity index (χ4v) is 3.68. The van der Waals surface area contributed by atoms with Gasteiger partial charge in [-0.3, -0.25) is 9.59 Å². The number of carbonyl (C=O) groups excluding carboxylic acids is 2. The van der Waals surface area contributed by atoms with E-state index in [0.29, 0.717) is 25.9 Å². The summed E-state index contributed by atoms with van der Waals surface area (Å²) in [6.07, 6.45) is -0.130. The molecule has 0 aliphatic rings. The lowest BCUT2D eigenvalue weighted by Crippen LogP contribution is -2.15. The van der Waals surface area contributed by atoms with Gasteiger partial charge in [-0.2, -0.15) is 0 Å². The summed E-state index contributed by atoms with van der Waals surface area (Å²) in [6, 6.07) is 13.8. The number of aryl methyl sites for hydroxylation is 1. The number of benzene rings is 2. The quantitative estimate of drug-likeness (QED) is 0.590. The number of carbonyl (C=O) groups is 2. The van der Waals surface area contributed by atoms with Gasteiger partial charge in [0.25, 0.3) is 5.91 Å². The molecular formula is C19H15BrFN3O2S. The number of para-hydroxylation sites is 1. The monoisotopic (exact) mass is 447 g/mol. The minimum atomic E-state index is -0.467. The summed E-state index contributed by atoms with van der Waals surface area (Å²) < 4.78 is 14.3. The molecule has 0 aliphatic heterocycles. The highest BCUT2D eigenvalue weighted by atomic mass is 79.9. The minimum Gasteiger partial charge on any atom is -0.321 e. The number of hydrogen-bond donors (Lipinski definition) is 2. The fourth-order valence-electron chi connectivity index (χ4n) is 2.39. The Bertz CT molecular complexity index is 992. The molecule has 138 valence electrons. The van der Waals surface area contributed by atoms with Gasteiger partial charge in [-0.05, 0) is 46.6 Å². The molecule has 2 amide bonds. The number of rotatable bonds is 5. The number of halogens is 2. The van der Waals surface area contributed by atoms with Crippen molar-refractivity contribution < 1.29 is 14.0 Å². The van der Waals surface area contributed by atoms with E-state index in [9.17, 15) is 14.0 Å². The zero-order valence-corrected chi connectivity index (χ0v) is 16.7. The molecule has 0 spiro atoms. The van der Waals surface area contributed by atoms with E-state index >= 15 is 0 Å². The average molecular weight is 448 g/mol. The van der Waals surface area contributed by atoms with Crippen LogP contribution in [0.3, 0.4) is 0 Å². The first-order valence-corrected chi connectivity index (χ1v) is 9.61. The number of amides is 2. The van der Waals surface area contributed by atoms with Crippen LogP contribution in [-0.2, 0) is 11.2 Å². The van der Waals surface area contributed by atoms with Crippen LogP contribution in [0.25, 0.3) is 0 Å². The van der Waals surface area contributed by atoms with E-state index in [-0.39, 0.29) is 17.9 Å². The van der Waals surface area contributed by atoms with Crippen molar-refractivity contribution in [2.24, 2.45) is 0 Å². The lowest BCUT2D eigenvalue weighted by Gasteiger charge is -2.04. The van der Waals surface area contributed by atoms with Crippen LogP contribution in [0.2, 0.25) is 0 Å². The Balaban J connectivity index is 1.68. The number of nitrogens with one attached hydrogen (secondary N) is 2. The first kappa shape index (κ1) is 19.2. The largest absolute Gasteiger partial charge is 0.321 e. The number of hydrogen-bond acceptors (Lipinski definition) is 4. The van der Waals surface area contributed by atoms with Gasteiger partial charge in [-0.25, -0.2) is 9.37 Å². The zero-order valence-electron chi connectivity index (χ0n) is 14.3. The van der Waals surface area contributed by atoms with E-state index in [1.807, 2.05) is 18.2 Å². The van der Waals surface area contributed by atoms with Crippen LogP contribution < -0.4 is 10.6 Å². The number of thiazole rings is 1. The van der Waals surface area contributed by atoms with Crippen molar-refractivity contribution in [3.63, 3.8) is 0 Å². The maximum atomic E-state index is 14.0. The van der Waals surface area contributed by atoms with Crippen LogP contribution in [-0.4, -0.2) is 16.8 Å². The second-order valence-electron chi connectivity index (χ2n) is 5.69. The van der Waals surface area contributed by atoms with E-state index in [1.54, 1.807) is 37.3 Å². The Morgan fingerprint density at radius 3 is 2.59 bits per heavy atom. The van der Waals surface area contributed by atoms with Gasteiger partial charge < -0.3 is 10.6 Å². The topological polar surface area (TPSA) is 71.1 Å². The van der Waals surface area contributed by atoms with Gasteiger partial charge in [0.1, 0.15) is 10.7 Å². The lowest BCUT2D eigenvalue weighted by molar-refractivity contribution is -0.115. The molecule has 8 heteroatoms. The Labute approximate surface area is 167 Å². The fraction of sp³-hybridized carbons (Fsp3) is 0.105. The molecule has 2 aromatic carbocycles. The van der Waals surface area contributed by atoms with Crippen molar-refractivity contribution in [1.29, 1.82) is 0 Å². The number of nitrogens with zero attached hydrogens (tertiary/aromatic N) is 1. The molecule has 0 saturated heterocycles. The van der Waals surface area contributed by atoms with E-state index in [4.69, 9.17) is 0 Å². The number of aromatic nitrogens is 1. The van der Waals surface area contributed by atoms with Crippen LogP contribution in [0.1, 0.15) is 20.9 Å². The summed E-state index contributed by atoms with van der Waals surface area (Å²) in [6.45, 7) is 1.69. The first-order chi connectivity index (χ1) is 12.9. The third-order valence-corrected chi connectivity index (χ3v) is 5.35. The van der Waals surface area contributed by atoms with Gasteiger partial charge in [-0.1, -0.05) is 41.7 Å². The second-order valence-corrected chi connectivity index (χ2v) is 7.55. The van der Waals surface area contributed by atoms with E-state index in [1.165, 1.54) is 0 Å². The van der Waals surface area contributed by atoms with E-state index < -0.39 is 11.7 Å². The lowest BCUT2D eigenvalue weighted by atomic mass is 10.1. The van der Waals surface area contributed by atoms with E-state index in [2.05, 4.69) is 31.5 Å². The molecule has 0 bridgehead atoms. The first-order valence-electron chi connectivity index (χ1n) is 8.00. The normalized spacial score (nSPS) is 10.5. The van der Waals surface area contributed by atoms with Gasteiger partial charge in [0.05, 0.1) is 16.6 Å². The Morgan fingerprint density at radius 2 is 1.85 bits per heavy atom. The smallest absolute Gasteiger partial charge is 0.267 e. The summed E-state index contributed by atoms with van der Waals surface area (Å²) in [5.41, 5.74) is 1.46. The molecule has 5 nitrogen and oxygen atoms in total.